The first-order valence-electron chi connectivity index (χ1n) is 7.38. The molecule has 3 rings (SSSR count). The molecular weight excluding hydrogens is 268 g/mol. The largest absolute Gasteiger partial charge is 0.399 e. The fraction of sp³-hybridized carbons (Fsp3) is 0.100. The van der Waals surface area contributed by atoms with Crippen LogP contribution < -0.4 is 11.5 Å². The number of hydrogen-bond acceptors (Lipinski definition) is 2. The Morgan fingerprint density at radius 2 is 1.05 bits per heavy atom. The van der Waals surface area contributed by atoms with Crippen molar-refractivity contribution in [1.29, 1.82) is 0 Å². The van der Waals surface area contributed by atoms with Crippen molar-refractivity contribution in [1.82, 2.24) is 0 Å². The Labute approximate surface area is 131 Å². The molecule has 110 valence electrons. The maximum atomic E-state index is 5.97. The zero-order chi connectivity index (χ0) is 15.7. The van der Waals surface area contributed by atoms with E-state index in [0.29, 0.717) is 0 Å². The van der Waals surface area contributed by atoms with Crippen molar-refractivity contribution in [3.05, 3.63) is 71.8 Å². The van der Waals surface area contributed by atoms with Crippen LogP contribution in [0.25, 0.3) is 22.3 Å². The van der Waals surface area contributed by atoms with E-state index in [0.717, 1.165) is 16.9 Å². The van der Waals surface area contributed by atoms with Crippen LogP contribution in [0.4, 0.5) is 11.4 Å². The highest BCUT2D eigenvalue weighted by molar-refractivity contribution is 5.75. The summed E-state index contributed by atoms with van der Waals surface area (Å²) in [4.78, 5) is 0. The topological polar surface area (TPSA) is 52.0 Å². The number of rotatable bonds is 2. The zero-order valence-electron chi connectivity index (χ0n) is 12.9. The molecule has 0 bridgehead atoms. The van der Waals surface area contributed by atoms with Crippen molar-refractivity contribution in [2.24, 2.45) is 0 Å². The molecule has 0 fully saturated rings. The molecule has 0 aliphatic rings. The standard InChI is InChI=1S/C20H20N2/c1-13-14(2)20(22)12-11-19(13)17-5-3-15(4-6-17)16-7-9-18(21)10-8-16/h3-12H,21-22H2,1-2H3. The first kappa shape index (κ1) is 14.2. The van der Waals surface area contributed by atoms with Crippen molar-refractivity contribution in [2.75, 3.05) is 11.5 Å². The number of nitrogen functional groups attached to an aromatic ring is 2. The van der Waals surface area contributed by atoms with E-state index in [-0.39, 0.29) is 0 Å². The zero-order valence-corrected chi connectivity index (χ0v) is 12.9. The maximum absolute atomic E-state index is 5.97. The maximum Gasteiger partial charge on any atom is 0.0346 e. The van der Waals surface area contributed by atoms with Crippen molar-refractivity contribution in [3.8, 4) is 22.3 Å². The lowest BCUT2D eigenvalue weighted by atomic mass is 9.94. The molecule has 0 saturated carbocycles. The molecule has 3 aromatic rings. The van der Waals surface area contributed by atoms with Gasteiger partial charge in [0.25, 0.3) is 0 Å². The summed E-state index contributed by atoms with van der Waals surface area (Å²) in [6.45, 7) is 4.19. The van der Waals surface area contributed by atoms with Gasteiger partial charge in [0.05, 0.1) is 0 Å². The molecule has 2 nitrogen and oxygen atoms in total. The van der Waals surface area contributed by atoms with Gasteiger partial charge < -0.3 is 11.5 Å². The Bertz CT molecular complexity index is 800. The summed E-state index contributed by atoms with van der Waals surface area (Å²) < 4.78 is 0. The Balaban J connectivity index is 1.98. The predicted molar refractivity (Wildman–Crippen MR) is 95.6 cm³/mol. The molecule has 0 aliphatic heterocycles. The van der Waals surface area contributed by atoms with Gasteiger partial charge in [-0.2, -0.15) is 0 Å². The summed E-state index contributed by atoms with van der Waals surface area (Å²) >= 11 is 0. The highest BCUT2D eigenvalue weighted by Crippen LogP contribution is 2.30. The van der Waals surface area contributed by atoms with E-state index in [9.17, 15) is 0 Å². The second kappa shape index (κ2) is 5.57. The molecule has 3 aromatic carbocycles. The molecule has 4 N–H and O–H groups in total. The summed E-state index contributed by atoms with van der Waals surface area (Å²) in [6, 6.07) is 20.6. The van der Waals surface area contributed by atoms with Crippen LogP contribution in [0.3, 0.4) is 0 Å². The van der Waals surface area contributed by atoms with E-state index < -0.39 is 0 Å². The summed E-state index contributed by atoms with van der Waals surface area (Å²) in [5.74, 6) is 0. The first-order valence-corrected chi connectivity index (χ1v) is 7.38. The Morgan fingerprint density at radius 1 is 0.545 bits per heavy atom. The molecule has 0 aromatic heterocycles. The van der Waals surface area contributed by atoms with Gasteiger partial charge in [0.1, 0.15) is 0 Å². The molecule has 22 heavy (non-hydrogen) atoms. The number of hydrogen-bond donors (Lipinski definition) is 2. The van der Waals surface area contributed by atoms with Crippen LogP contribution in [0.5, 0.6) is 0 Å². The molecule has 0 radical (unpaired) electrons. The minimum absolute atomic E-state index is 0.786. The third-order valence-corrected chi connectivity index (χ3v) is 4.27. The quantitative estimate of drug-likeness (QED) is 0.665. The lowest BCUT2D eigenvalue weighted by Gasteiger charge is -2.12. The number of anilines is 2. The summed E-state index contributed by atoms with van der Waals surface area (Å²) in [6.07, 6.45) is 0. The van der Waals surface area contributed by atoms with Crippen molar-refractivity contribution < 1.29 is 0 Å². The van der Waals surface area contributed by atoms with Gasteiger partial charge in [0.15, 0.2) is 0 Å². The third kappa shape index (κ3) is 2.56. The van der Waals surface area contributed by atoms with Crippen LogP contribution in [0.2, 0.25) is 0 Å². The highest BCUT2D eigenvalue weighted by atomic mass is 14.6. The Hall–Kier alpha value is -2.74. The van der Waals surface area contributed by atoms with Crippen LogP contribution in [0.1, 0.15) is 11.1 Å². The summed E-state index contributed by atoms with van der Waals surface area (Å²) in [5, 5.41) is 0. The van der Waals surface area contributed by atoms with Gasteiger partial charge in [0, 0.05) is 11.4 Å². The van der Waals surface area contributed by atoms with E-state index in [1.54, 1.807) is 0 Å². The lowest BCUT2D eigenvalue weighted by molar-refractivity contribution is 1.34. The number of nitrogens with two attached hydrogens (primary N) is 2. The minimum atomic E-state index is 0.786. The van der Waals surface area contributed by atoms with Gasteiger partial charge in [-0.15, -0.1) is 0 Å². The second-order valence-electron chi connectivity index (χ2n) is 5.65. The average Bonchev–Trinajstić information content (AvgIpc) is 2.54. The molecule has 2 heteroatoms. The smallest absolute Gasteiger partial charge is 0.0346 e. The number of benzene rings is 3. The molecule has 0 saturated heterocycles. The van der Waals surface area contributed by atoms with Gasteiger partial charge in [0.2, 0.25) is 0 Å². The average molecular weight is 288 g/mol. The van der Waals surface area contributed by atoms with E-state index in [4.69, 9.17) is 11.5 Å². The summed E-state index contributed by atoms with van der Waals surface area (Å²) in [5.41, 5.74) is 20.5. The van der Waals surface area contributed by atoms with E-state index >= 15 is 0 Å². The monoisotopic (exact) mass is 288 g/mol. The molecule has 0 unspecified atom stereocenters. The van der Waals surface area contributed by atoms with Crippen LogP contribution in [-0.2, 0) is 0 Å². The fourth-order valence-electron chi connectivity index (χ4n) is 2.67. The molecule has 0 atom stereocenters. The van der Waals surface area contributed by atoms with Crippen molar-refractivity contribution >= 4 is 11.4 Å². The van der Waals surface area contributed by atoms with E-state index in [2.05, 4.69) is 44.2 Å². The highest BCUT2D eigenvalue weighted by Gasteiger charge is 2.07. The van der Waals surface area contributed by atoms with Crippen LogP contribution in [-0.4, -0.2) is 0 Å². The van der Waals surface area contributed by atoms with Crippen LogP contribution in [0.15, 0.2) is 60.7 Å². The van der Waals surface area contributed by atoms with Crippen LogP contribution in [0, 0.1) is 13.8 Å². The van der Waals surface area contributed by atoms with Crippen molar-refractivity contribution in [2.45, 2.75) is 13.8 Å². The van der Waals surface area contributed by atoms with Crippen LogP contribution >= 0.6 is 0 Å². The molecule has 0 spiro atoms. The third-order valence-electron chi connectivity index (χ3n) is 4.27. The van der Waals surface area contributed by atoms with Gasteiger partial charge in [-0.3, -0.25) is 0 Å². The first-order chi connectivity index (χ1) is 10.6. The van der Waals surface area contributed by atoms with Crippen molar-refractivity contribution in [3.63, 3.8) is 0 Å². The molecule has 0 aliphatic carbocycles. The molecule has 0 amide bonds. The SMILES string of the molecule is Cc1c(N)ccc(-c2ccc(-c3ccc(N)cc3)cc2)c1C. The Kier molecular flexibility index (Phi) is 3.60. The fourth-order valence-corrected chi connectivity index (χ4v) is 2.67. The van der Waals surface area contributed by atoms with Gasteiger partial charge in [-0.25, -0.2) is 0 Å². The summed E-state index contributed by atoms with van der Waals surface area (Å²) in [7, 11) is 0. The molecular formula is C20H20N2. The second-order valence-corrected chi connectivity index (χ2v) is 5.65. The van der Waals surface area contributed by atoms with Gasteiger partial charge in [-0.1, -0.05) is 42.5 Å². The predicted octanol–water partition coefficient (Wildman–Crippen LogP) is 4.80. The van der Waals surface area contributed by atoms with E-state index in [1.165, 1.54) is 27.8 Å². The molecule has 0 heterocycles. The lowest BCUT2D eigenvalue weighted by Crippen LogP contribution is -1.94. The minimum Gasteiger partial charge on any atom is -0.399 e. The van der Waals surface area contributed by atoms with Gasteiger partial charge >= 0.3 is 0 Å². The Morgan fingerprint density at radius 3 is 1.64 bits per heavy atom. The van der Waals surface area contributed by atoms with Gasteiger partial charge in [-0.05, 0) is 65.4 Å². The normalized spacial score (nSPS) is 10.6. The van der Waals surface area contributed by atoms with E-state index in [1.807, 2.05) is 30.3 Å².